The van der Waals surface area contributed by atoms with Gasteiger partial charge in [0.05, 0.1) is 19.8 Å². The van der Waals surface area contributed by atoms with E-state index in [2.05, 4.69) is 0 Å². The van der Waals surface area contributed by atoms with E-state index in [4.69, 9.17) is 14.2 Å². The van der Waals surface area contributed by atoms with Crippen molar-refractivity contribution >= 4 is 6.08 Å². The van der Waals surface area contributed by atoms with Crippen LogP contribution in [0.15, 0.2) is 36.4 Å². The monoisotopic (exact) mass is 344 g/mol. The maximum absolute atomic E-state index is 14.0. The molecule has 132 valence electrons. The van der Waals surface area contributed by atoms with E-state index in [1.807, 2.05) is 26.0 Å². The number of aliphatic hydroxyl groups excluding tert-OH is 1. The Morgan fingerprint density at radius 3 is 2.40 bits per heavy atom. The molecule has 0 aliphatic carbocycles. The van der Waals surface area contributed by atoms with E-state index in [0.29, 0.717) is 22.6 Å². The van der Waals surface area contributed by atoms with Crippen LogP contribution in [0.3, 0.4) is 0 Å². The number of hydrogen-bond acceptors (Lipinski definition) is 4. The first-order valence-corrected chi connectivity index (χ1v) is 7.97. The smallest absolute Gasteiger partial charge is 0.165 e. The molecule has 5 heteroatoms. The Balaban J connectivity index is 2.09. The van der Waals surface area contributed by atoms with Crippen LogP contribution in [0.5, 0.6) is 17.2 Å². The van der Waals surface area contributed by atoms with Crippen LogP contribution in [0.4, 0.5) is 4.39 Å². The van der Waals surface area contributed by atoms with Gasteiger partial charge in [-0.3, -0.25) is 0 Å². The van der Waals surface area contributed by atoms with Crippen LogP contribution in [0.2, 0.25) is 0 Å². The van der Waals surface area contributed by atoms with Gasteiger partial charge in [0.1, 0.15) is 23.2 Å². The average Bonchev–Trinajstić information content (AvgIpc) is 2.59. The maximum atomic E-state index is 14.0. The van der Waals surface area contributed by atoms with E-state index in [0.717, 1.165) is 5.56 Å². The van der Waals surface area contributed by atoms with Crippen LogP contribution in [0.25, 0.3) is 6.08 Å². The van der Waals surface area contributed by atoms with Gasteiger partial charge in [-0.15, -0.1) is 0 Å². The summed E-state index contributed by atoms with van der Waals surface area (Å²) in [6.45, 7) is 3.85. The molecule has 1 unspecified atom stereocenters. The highest BCUT2D eigenvalue weighted by Crippen LogP contribution is 2.43. The van der Waals surface area contributed by atoms with Gasteiger partial charge in [-0.25, -0.2) is 4.39 Å². The van der Waals surface area contributed by atoms with Crippen LogP contribution in [-0.4, -0.2) is 24.9 Å². The molecule has 2 aromatic carbocycles. The number of rotatable bonds is 4. The summed E-state index contributed by atoms with van der Waals surface area (Å²) in [5, 5.41) is 10.8. The van der Waals surface area contributed by atoms with E-state index in [-0.39, 0.29) is 5.75 Å². The Kier molecular flexibility index (Phi) is 4.43. The SMILES string of the molecule is COc1ccc(C(O)c2ccc(OC)c3c2OC(C)(C)C=C3)cc1F. The highest BCUT2D eigenvalue weighted by molar-refractivity contribution is 5.70. The minimum absolute atomic E-state index is 0.132. The van der Waals surface area contributed by atoms with Gasteiger partial charge in [-0.1, -0.05) is 6.07 Å². The van der Waals surface area contributed by atoms with Crippen LogP contribution < -0.4 is 14.2 Å². The zero-order valence-electron chi connectivity index (χ0n) is 14.7. The van der Waals surface area contributed by atoms with Gasteiger partial charge in [0.25, 0.3) is 0 Å². The molecule has 0 fully saturated rings. The summed E-state index contributed by atoms with van der Waals surface area (Å²) in [4.78, 5) is 0. The minimum Gasteiger partial charge on any atom is -0.496 e. The van der Waals surface area contributed by atoms with Gasteiger partial charge in [0.15, 0.2) is 11.6 Å². The number of hydrogen-bond donors (Lipinski definition) is 1. The van der Waals surface area contributed by atoms with E-state index < -0.39 is 17.5 Å². The zero-order valence-corrected chi connectivity index (χ0v) is 14.7. The normalized spacial score (nSPS) is 15.9. The fraction of sp³-hybridized carbons (Fsp3) is 0.300. The second-order valence-corrected chi connectivity index (χ2v) is 6.44. The molecule has 0 radical (unpaired) electrons. The largest absolute Gasteiger partial charge is 0.496 e. The highest BCUT2D eigenvalue weighted by Gasteiger charge is 2.29. The van der Waals surface area contributed by atoms with Crippen molar-refractivity contribution in [3.05, 3.63) is 58.9 Å². The molecule has 1 aliphatic rings. The molecule has 1 heterocycles. The number of halogens is 1. The number of benzene rings is 2. The maximum Gasteiger partial charge on any atom is 0.165 e. The predicted molar refractivity (Wildman–Crippen MR) is 93.7 cm³/mol. The first-order chi connectivity index (χ1) is 11.9. The van der Waals surface area contributed by atoms with Gasteiger partial charge >= 0.3 is 0 Å². The first-order valence-electron chi connectivity index (χ1n) is 7.97. The van der Waals surface area contributed by atoms with Crippen molar-refractivity contribution < 1.29 is 23.7 Å². The lowest BCUT2D eigenvalue weighted by Gasteiger charge is -2.31. The van der Waals surface area contributed by atoms with Crippen molar-refractivity contribution in [3.63, 3.8) is 0 Å². The van der Waals surface area contributed by atoms with Crippen molar-refractivity contribution in [1.29, 1.82) is 0 Å². The third-order valence-corrected chi connectivity index (χ3v) is 4.21. The Labute approximate surface area is 146 Å². The molecular formula is C20H21FO4. The Morgan fingerprint density at radius 2 is 1.76 bits per heavy atom. The van der Waals surface area contributed by atoms with Gasteiger partial charge in [0, 0.05) is 5.56 Å². The molecule has 1 N–H and O–H groups in total. The predicted octanol–water partition coefficient (Wildman–Crippen LogP) is 4.11. The van der Waals surface area contributed by atoms with Gasteiger partial charge in [-0.2, -0.15) is 0 Å². The molecule has 0 bridgehead atoms. The number of methoxy groups -OCH3 is 2. The lowest BCUT2D eigenvalue weighted by Crippen LogP contribution is -2.28. The van der Waals surface area contributed by atoms with E-state index in [1.165, 1.54) is 19.2 Å². The molecule has 0 saturated carbocycles. The fourth-order valence-corrected chi connectivity index (χ4v) is 2.88. The van der Waals surface area contributed by atoms with Crippen molar-refractivity contribution in [2.24, 2.45) is 0 Å². The Hall–Kier alpha value is -2.53. The topological polar surface area (TPSA) is 47.9 Å². The summed E-state index contributed by atoms with van der Waals surface area (Å²) in [5.41, 5.74) is 1.21. The highest BCUT2D eigenvalue weighted by atomic mass is 19.1. The fourth-order valence-electron chi connectivity index (χ4n) is 2.88. The molecule has 3 rings (SSSR count). The molecule has 0 amide bonds. The first kappa shape index (κ1) is 17.3. The third-order valence-electron chi connectivity index (χ3n) is 4.21. The van der Waals surface area contributed by atoms with E-state index in [1.54, 1.807) is 25.3 Å². The third kappa shape index (κ3) is 3.20. The molecular weight excluding hydrogens is 323 g/mol. The van der Waals surface area contributed by atoms with Gasteiger partial charge < -0.3 is 19.3 Å². The number of aliphatic hydroxyl groups is 1. The molecule has 0 aromatic heterocycles. The summed E-state index contributed by atoms with van der Waals surface area (Å²) in [6.07, 6.45) is 2.81. The van der Waals surface area contributed by atoms with Crippen LogP contribution in [0, 0.1) is 5.82 Å². The van der Waals surface area contributed by atoms with Crippen LogP contribution >= 0.6 is 0 Å². The standard InChI is InChI=1S/C20H21FO4/c1-20(2)10-9-13-16(23-3)8-6-14(19(13)25-20)18(22)12-5-7-17(24-4)15(21)11-12/h5-11,18,22H,1-4H3. The summed E-state index contributed by atoms with van der Waals surface area (Å²) >= 11 is 0. The van der Waals surface area contributed by atoms with Crippen LogP contribution in [-0.2, 0) is 0 Å². The quantitative estimate of drug-likeness (QED) is 0.907. The van der Waals surface area contributed by atoms with Crippen molar-refractivity contribution in [3.8, 4) is 17.2 Å². The van der Waals surface area contributed by atoms with Crippen LogP contribution in [0.1, 0.15) is 36.6 Å². The summed E-state index contributed by atoms with van der Waals surface area (Å²) in [5.74, 6) is 0.796. The Morgan fingerprint density at radius 1 is 1.08 bits per heavy atom. The molecule has 2 aromatic rings. The lowest BCUT2D eigenvalue weighted by atomic mass is 9.94. The van der Waals surface area contributed by atoms with E-state index >= 15 is 0 Å². The number of fused-ring (bicyclic) bond motifs is 1. The molecule has 0 saturated heterocycles. The van der Waals surface area contributed by atoms with Gasteiger partial charge in [0.2, 0.25) is 0 Å². The molecule has 1 aliphatic heterocycles. The van der Waals surface area contributed by atoms with Crippen molar-refractivity contribution in [2.75, 3.05) is 14.2 Å². The molecule has 25 heavy (non-hydrogen) atoms. The summed E-state index contributed by atoms with van der Waals surface area (Å²) < 4.78 is 30.4. The van der Waals surface area contributed by atoms with Crippen molar-refractivity contribution in [1.82, 2.24) is 0 Å². The molecule has 4 nitrogen and oxygen atoms in total. The van der Waals surface area contributed by atoms with Crippen molar-refractivity contribution in [2.45, 2.75) is 25.6 Å². The minimum atomic E-state index is -1.04. The zero-order chi connectivity index (χ0) is 18.2. The van der Waals surface area contributed by atoms with E-state index in [9.17, 15) is 9.50 Å². The molecule has 1 atom stereocenters. The lowest BCUT2D eigenvalue weighted by molar-refractivity contribution is 0.146. The second-order valence-electron chi connectivity index (χ2n) is 6.44. The summed E-state index contributed by atoms with van der Waals surface area (Å²) in [7, 11) is 2.98. The average molecular weight is 344 g/mol. The number of ether oxygens (including phenoxy) is 3. The second kappa shape index (κ2) is 6.41. The summed E-state index contributed by atoms with van der Waals surface area (Å²) in [6, 6.07) is 7.90. The Bertz CT molecular complexity index is 827. The van der Waals surface area contributed by atoms with Gasteiger partial charge in [-0.05, 0) is 55.8 Å². The molecule has 0 spiro atoms.